The lowest BCUT2D eigenvalue weighted by atomic mass is 10.2. The first kappa shape index (κ1) is 21.6. The minimum absolute atomic E-state index is 0.184. The SMILES string of the molecule is Cn1cnc(CCN2CCN(C(=O)Oc3ccc(NC(=O)c4ccccc4)cc3)CC2)c1. The van der Waals surface area contributed by atoms with Crippen LogP contribution in [-0.2, 0) is 13.5 Å². The summed E-state index contributed by atoms with van der Waals surface area (Å²) >= 11 is 0. The number of carbonyl (C=O) groups excluding carboxylic acids is 2. The van der Waals surface area contributed by atoms with Crippen LogP contribution in [0.15, 0.2) is 67.1 Å². The highest BCUT2D eigenvalue weighted by Gasteiger charge is 2.22. The van der Waals surface area contributed by atoms with Gasteiger partial charge in [0.1, 0.15) is 5.75 Å². The van der Waals surface area contributed by atoms with E-state index in [0.29, 0.717) is 30.1 Å². The number of imidazole rings is 1. The topological polar surface area (TPSA) is 79.7 Å². The van der Waals surface area contributed by atoms with E-state index >= 15 is 0 Å². The fourth-order valence-corrected chi connectivity index (χ4v) is 3.59. The van der Waals surface area contributed by atoms with E-state index in [-0.39, 0.29) is 12.0 Å². The molecule has 1 N–H and O–H groups in total. The van der Waals surface area contributed by atoms with Gasteiger partial charge in [-0.05, 0) is 36.4 Å². The fourth-order valence-electron chi connectivity index (χ4n) is 3.59. The van der Waals surface area contributed by atoms with E-state index in [1.807, 2.05) is 42.3 Å². The molecule has 1 aromatic heterocycles. The number of aryl methyl sites for hydroxylation is 1. The number of aromatic nitrogens is 2. The molecule has 4 rings (SSSR count). The van der Waals surface area contributed by atoms with Gasteiger partial charge in [-0.15, -0.1) is 0 Å². The van der Waals surface area contributed by atoms with Crippen LogP contribution >= 0.6 is 0 Å². The smallest absolute Gasteiger partial charge is 0.410 e. The number of rotatable bonds is 6. The Morgan fingerprint density at radius 3 is 2.38 bits per heavy atom. The van der Waals surface area contributed by atoms with Gasteiger partial charge in [0.05, 0.1) is 12.0 Å². The molecular weight excluding hydrogens is 406 g/mol. The van der Waals surface area contributed by atoms with Crippen LogP contribution in [0.1, 0.15) is 16.1 Å². The number of hydrogen-bond acceptors (Lipinski definition) is 5. The number of benzene rings is 2. The van der Waals surface area contributed by atoms with Crippen molar-refractivity contribution >= 4 is 17.7 Å². The maximum absolute atomic E-state index is 12.5. The van der Waals surface area contributed by atoms with Crippen molar-refractivity contribution in [2.75, 3.05) is 38.0 Å². The number of piperazine rings is 1. The van der Waals surface area contributed by atoms with Crippen LogP contribution in [0.25, 0.3) is 0 Å². The van der Waals surface area contributed by atoms with Gasteiger partial charge in [-0.1, -0.05) is 18.2 Å². The number of nitrogens with zero attached hydrogens (tertiary/aromatic N) is 4. The fraction of sp³-hybridized carbons (Fsp3) is 0.292. The number of anilines is 1. The quantitative estimate of drug-likeness (QED) is 0.646. The highest BCUT2D eigenvalue weighted by atomic mass is 16.6. The number of carbonyl (C=O) groups is 2. The monoisotopic (exact) mass is 433 g/mol. The van der Waals surface area contributed by atoms with E-state index in [2.05, 4.69) is 15.2 Å². The van der Waals surface area contributed by atoms with E-state index in [0.717, 1.165) is 31.7 Å². The summed E-state index contributed by atoms with van der Waals surface area (Å²) in [5, 5.41) is 2.83. The molecule has 1 fully saturated rings. The second-order valence-electron chi connectivity index (χ2n) is 7.82. The zero-order valence-electron chi connectivity index (χ0n) is 18.1. The molecule has 2 amide bonds. The summed E-state index contributed by atoms with van der Waals surface area (Å²) in [4.78, 5) is 33.1. The molecule has 0 bridgehead atoms. The Morgan fingerprint density at radius 2 is 1.72 bits per heavy atom. The zero-order chi connectivity index (χ0) is 22.3. The van der Waals surface area contributed by atoms with Gasteiger partial charge in [0.2, 0.25) is 0 Å². The lowest BCUT2D eigenvalue weighted by molar-refractivity contribution is 0.102. The average molecular weight is 434 g/mol. The van der Waals surface area contributed by atoms with Crippen LogP contribution in [0.2, 0.25) is 0 Å². The predicted molar refractivity (Wildman–Crippen MR) is 122 cm³/mol. The summed E-state index contributed by atoms with van der Waals surface area (Å²) in [7, 11) is 1.97. The van der Waals surface area contributed by atoms with Gasteiger partial charge < -0.3 is 19.5 Å². The molecule has 166 valence electrons. The summed E-state index contributed by atoms with van der Waals surface area (Å²) < 4.78 is 7.46. The van der Waals surface area contributed by atoms with Crippen molar-refractivity contribution in [3.05, 3.63) is 78.4 Å². The number of amides is 2. The van der Waals surface area contributed by atoms with Crippen LogP contribution in [0, 0.1) is 0 Å². The zero-order valence-corrected chi connectivity index (χ0v) is 18.1. The molecule has 8 nitrogen and oxygen atoms in total. The van der Waals surface area contributed by atoms with E-state index in [9.17, 15) is 9.59 Å². The minimum atomic E-state index is -0.351. The predicted octanol–water partition coefficient (Wildman–Crippen LogP) is 3.03. The molecule has 1 aliphatic heterocycles. The maximum atomic E-state index is 12.5. The lowest BCUT2D eigenvalue weighted by Gasteiger charge is -2.33. The molecule has 8 heteroatoms. The summed E-state index contributed by atoms with van der Waals surface area (Å²) in [5.41, 5.74) is 2.31. The molecule has 0 aliphatic carbocycles. The molecule has 0 unspecified atom stereocenters. The summed E-state index contributed by atoms with van der Waals surface area (Å²) in [6, 6.07) is 15.8. The maximum Gasteiger partial charge on any atom is 0.415 e. The summed E-state index contributed by atoms with van der Waals surface area (Å²) in [6.45, 7) is 3.81. The van der Waals surface area contributed by atoms with Crippen LogP contribution in [-0.4, -0.2) is 64.1 Å². The van der Waals surface area contributed by atoms with E-state index in [1.165, 1.54) is 0 Å². The van der Waals surface area contributed by atoms with Crippen LogP contribution < -0.4 is 10.1 Å². The Labute approximate surface area is 187 Å². The average Bonchev–Trinajstić information content (AvgIpc) is 3.25. The molecule has 0 saturated carbocycles. The molecule has 1 saturated heterocycles. The van der Waals surface area contributed by atoms with Crippen LogP contribution in [0.4, 0.5) is 10.5 Å². The van der Waals surface area contributed by atoms with Gasteiger partial charge in [0.15, 0.2) is 0 Å². The van der Waals surface area contributed by atoms with Gasteiger partial charge in [-0.3, -0.25) is 9.69 Å². The van der Waals surface area contributed by atoms with Crippen molar-refractivity contribution in [2.45, 2.75) is 6.42 Å². The van der Waals surface area contributed by atoms with Gasteiger partial charge >= 0.3 is 6.09 Å². The Balaban J connectivity index is 1.21. The van der Waals surface area contributed by atoms with Gasteiger partial charge in [0.25, 0.3) is 5.91 Å². The van der Waals surface area contributed by atoms with Crippen molar-refractivity contribution in [3.63, 3.8) is 0 Å². The first-order valence-electron chi connectivity index (χ1n) is 10.7. The molecule has 2 heterocycles. The molecule has 0 spiro atoms. The Bertz CT molecular complexity index is 1040. The van der Waals surface area contributed by atoms with Gasteiger partial charge in [0, 0.05) is 63.6 Å². The van der Waals surface area contributed by atoms with Gasteiger partial charge in [-0.2, -0.15) is 0 Å². The van der Waals surface area contributed by atoms with E-state index in [4.69, 9.17) is 4.74 Å². The van der Waals surface area contributed by atoms with E-state index in [1.54, 1.807) is 41.3 Å². The third-order valence-electron chi connectivity index (χ3n) is 5.43. The second-order valence-corrected chi connectivity index (χ2v) is 7.82. The molecule has 2 aromatic carbocycles. The summed E-state index contributed by atoms with van der Waals surface area (Å²) in [6.07, 6.45) is 4.40. The Kier molecular flexibility index (Phi) is 6.81. The Hall–Kier alpha value is -3.65. The van der Waals surface area contributed by atoms with E-state index < -0.39 is 0 Å². The number of nitrogens with one attached hydrogen (secondary N) is 1. The van der Waals surface area contributed by atoms with Crippen molar-refractivity contribution in [3.8, 4) is 5.75 Å². The highest BCUT2D eigenvalue weighted by molar-refractivity contribution is 6.04. The summed E-state index contributed by atoms with van der Waals surface area (Å²) in [5.74, 6) is 0.265. The standard InChI is InChI=1S/C24H27N5O3/c1-27-17-21(25-18-27)11-12-28-13-15-29(16-14-28)24(31)32-22-9-7-20(8-10-22)26-23(30)19-5-3-2-4-6-19/h2-10,17-18H,11-16H2,1H3,(H,26,30). The third kappa shape index (κ3) is 5.73. The van der Waals surface area contributed by atoms with Crippen molar-refractivity contribution in [1.82, 2.24) is 19.4 Å². The Morgan fingerprint density at radius 1 is 1.00 bits per heavy atom. The molecular formula is C24H27N5O3. The number of hydrogen-bond donors (Lipinski definition) is 1. The van der Waals surface area contributed by atoms with Gasteiger partial charge in [-0.25, -0.2) is 9.78 Å². The normalized spacial score (nSPS) is 14.2. The first-order valence-corrected chi connectivity index (χ1v) is 10.7. The molecule has 3 aromatic rings. The third-order valence-corrected chi connectivity index (χ3v) is 5.43. The highest BCUT2D eigenvalue weighted by Crippen LogP contribution is 2.18. The van der Waals surface area contributed by atoms with Crippen molar-refractivity contribution in [2.24, 2.45) is 7.05 Å². The first-order chi connectivity index (χ1) is 15.6. The molecule has 0 radical (unpaired) electrons. The van der Waals surface area contributed by atoms with Crippen molar-refractivity contribution < 1.29 is 14.3 Å². The van der Waals surface area contributed by atoms with Crippen LogP contribution in [0.5, 0.6) is 5.75 Å². The molecule has 1 aliphatic rings. The number of ether oxygens (including phenoxy) is 1. The molecule has 0 atom stereocenters. The second kappa shape index (κ2) is 10.1. The van der Waals surface area contributed by atoms with Crippen molar-refractivity contribution in [1.29, 1.82) is 0 Å². The van der Waals surface area contributed by atoms with Crippen LogP contribution in [0.3, 0.4) is 0 Å². The molecule has 32 heavy (non-hydrogen) atoms. The lowest BCUT2D eigenvalue weighted by Crippen LogP contribution is -2.49. The minimum Gasteiger partial charge on any atom is -0.410 e. The largest absolute Gasteiger partial charge is 0.415 e.